The molecular weight excluding hydrogens is 308 g/mol. The number of fused-ring (bicyclic) bond motifs is 2. The summed E-state index contributed by atoms with van der Waals surface area (Å²) in [6, 6.07) is 14.6. The molecular formula is C22H22N2O. The highest BCUT2D eigenvalue weighted by Crippen LogP contribution is 2.34. The lowest BCUT2D eigenvalue weighted by Crippen LogP contribution is -2.27. The van der Waals surface area contributed by atoms with Crippen LogP contribution >= 0.6 is 0 Å². The fraction of sp³-hybridized carbons (Fsp3) is 0.227. The van der Waals surface area contributed by atoms with Crippen LogP contribution in [0.25, 0.3) is 17.1 Å². The second kappa shape index (κ2) is 5.62. The maximum absolute atomic E-state index is 6.04. The number of aromatic nitrogens is 2. The van der Waals surface area contributed by atoms with Crippen LogP contribution in [0.1, 0.15) is 36.8 Å². The molecule has 0 radical (unpaired) electrons. The van der Waals surface area contributed by atoms with E-state index in [9.17, 15) is 0 Å². The largest absolute Gasteiger partial charge is 0.483 e. The van der Waals surface area contributed by atoms with Gasteiger partial charge in [-0.1, -0.05) is 30.4 Å². The van der Waals surface area contributed by atoms with Crippen molar-refractivity contribution in [3.05, 3.63) is 78.1 Å². The Balaban J connectivity index is 1.82. The number of allylic oxidation sites excluding steroid dienone is 1. The van der Waals surface area contributed by atoms with Gasteiger partial charge in [-0.3, -0.25) is 0 Å². The second-order valence-electron chi connectivity index (χ2n) is 7.03. The van der Waals surface area contributed by atoms with Gasteiger partial charge in [0.2, 0.25) is 0 Å². The molecule has 0 fully saturated rings. The van der Waals surface area contributed by atoms with Crippen molar-refractivity contribution >= 4 is 17.1 Å². The number of benzene rings is 2. The summed E-state index contributed by atoms with van der Waals surface area (Å²) in [5.41, 5.74) is 4.15. The Morgan fingerprint density at radius 1 is 1.20 bits per heavy atom. The van der Waals surface area contributed by atoms with Gasteiger partial charge in [-0.15, -0.1) is 6.58 Å². The molecule has 1 aliphatic rings. The zero-order valence-corrected chi connectivity index (χ0v) is 14.9. The Bertz CT molecular complexity index is 994. The van der Waals surface area contributed by atoms with Crippen molar-refractivity contribution in [3.63, 3.8) is 0 Å². The Morgan fingerprint density at radius 2 is 2.00 bits per heavy atom. The quantitative estimate of drug-likeness (QED) is 0.609. The van der Waals surface area contributed by atoms with Crippen molar-refractivity contribution in [2.75, 3.05) is 0 Å². The first-order valence-corrected chi connectivity index (χ1v) is 8.57. The van der Waals surface area contributed by atoms with E-state index in [1.807, 2.05) is 31.2 Å². The smallest absolute Gasteiger partial charge is 0.127 e. The predicted molar refractivity (Wildman–Crippen MR) is 103 cm³/mol. The average Bonchev–Trinajstić information content (AvgIpc) is 2.91. The van der Waals surface area contributed by atoms with Crippen LogP contribution in [0.2, 0.25) is 0 Å². The van der Waals surface area contributed by atoms with Crippen LogP contribution < -0.4 is 4.74 Å². The van der Waals surface area contributed by atoms with Gasteiger partial charge in [-0.05, 0) is 56.7 Å². The van der Waals surface area contributed by atoms with Crippen LogP contribution in [0.5, 0.6) is 5.75 Å². The van der Waals surface area contributed by atoms with Gasteiger partial charge in [0.1, 0.15) is 17.2 Å². The van der Waals surface area contributed by atoms with Crippen molar-refractivity contribution in [3.8, 4) is 5.75 Å². The number of nitrogens with zero attached hydrogens (tertiary/aromatic N) is 2. The molecule has 0 amide bonds. The summed E-state index contributed by atoms with van der Waals surface area (Å²) < 4.78 is 8.28. The lowest BCUT2D eigenvalue weighted by Gasteiger charge is -2.28. The third-order valence-corrected chi connectivity index (χ3v) is 4.69. The third kappa shape index (κ3) is 2.66. The van der Waals surface area contributed by atoms with Crippen molar-refractivity contribution in [2.24, 2.45) is 0 Å². The molecule has 25 heavy (non-hydrogen) atoms. The molecule has 1 unspecified atom stereocenters. The van der Waals surface area contributed by atoms with Crippen LogP contribution in [-0.4, -0.2) is 15.2 Å². The zero-order chi connectivity index (χ0) is 17.6. The lowest BCUT2D eigenvalue weighted by molar-refractivity contribution is 0.159. The van der Waals surface area contributed by atoms with E-state index in [1.54, 1.807) is 0 Å². The minimum absolute atomic E-state index is 0.0287. The number of ether oxygens (including phenoxy) is 1. The first-order chi connectivity index (χ1) is 12.0. The standard InChI is InChI=1S/C22H22N2O/c1-5-19(24-15(2)23-18-8-6-7-9-20(18)24)16-10-11-21-17(14-16)12-13-22(3,4)25-21/h5-14,19H,1H2,2-4H3. The van der Waals surface area contributed by atoms with Crippen LogP contribution in [0.15, 0.2) is 61.2 Å². The van der Waals surface area contributed by atoms with Gasteiger partial charge >= 0.3 is 0 Å². The van der Waals surface area contributed by atoms with Gasteiger partial charge in [0.05, 0.1) is 17.1 Å². The maximum Gasteiger partial charge on any atom is 0.127 e. The molecule has 3 nitrogen and oxygen atoms in total. The molecule has 126 valence electrons. The molecule has 0 saturated carbocycles. The van der Waals surface area contributed by atoms with E-state index in [-0.39, 0.29) is 11.6 Å². The summed E-state index contributed by atoms with van der Waals surface area (Å²) in [6.45, 7) is 10.2. The molecule has 1 aromatic heterocycles. The summed E-state index contributed by atoms with van der Waals surface area (Å²) in [5, 5.41) is 0. The summed E-state index contributed by atoms with van der Waals surface area (Å²) in [7, 11) is 0. The van der Waals surface area contributed by atoms with Gasteiger partial charge in [-0.25, -0.2) is 4.98 Å². The van der Waals surface area contributed by atoms with Gasteiger partial charge in [0.15, 0.2) is 0 Å². The summed E-state index contributed by atoms with van der Waals surface area (Å²) in [6.07, 6.45) is 6.21. The van der Waals surface area contributed by atoms with E-state index < -0.39 is 0 Å². The topological polar surface area (TPSA) is 27.1 Å². The first kappa shape index (κ1) is 15.7. The fourth-order valence-corrected chi connectivity index (χ4v) is 3.49. The molecule has 1 atom stereocenters. The van der Waals surface area contributed by atoms with E-state index >= 15 is 0 Å². The molecule has 3 heteroatoms. The SMILES string of the molecule is C=CC(c1ccc2c(c1)C=CC(C)(C)O2)n1c(C)nc2ccccc21. The molecule has 0 N–H and O–H groups in total. The molecule has 1 aliphatic heterocycles. The minimum Gasteiger partial charge on any atom is -0.483 e. The van der Waals surface area contributed by atoms with Crippen molar-refractivity contribution < 1.29 is 4.74 Å². The Morgan fingerprint density at radius 3 is 2.80 bits per heavy atom. The molecule has 2 heterocycles. The van der Waals surface area contributed by atoms with Gasteiger partial charge < -0.3 is 9.30 Å². The number of rotatable bonds is 3. The van der Waals surface area contributed by atoms with Crippen LogP contribution in [0.4, 0.5) is 0 Å². The number of hydrogen-bond acceptors (Lipinski definition) is 2. The van der Waals surface area contributed by atoms with Crippen LogP contribution in [0.3, 0.4) is 0 Å². The molecule has 3 aromatic rings. The van der Waals surface area contributed by atoms with E-state index in [1.165, 1.54) is 5.56 Å². The first-order valence-electron chi connectivity index (χ1n) is 8.57. The molecule has 0 bridgehead atoms. The van der Waals surface area contributed by atoms with Crippen molar-refractivity contribution in [1.82, 2.24) is 9.55 Å². The minimum atomic E-state index is -0.260. The molecule has 4 rings (SSSR count). The Labute approximate surface area is 148 Å². The monoisotopic (exact) mass is 330 g/mol. The van der Waals surface area contributed by atoms with E-state index in [0.29, 0.717) is 0 Å². The van der Waals surface area contributed by atoms with E-state index in [2.05, 4.69) is 61.4 Å². The number of para-hydroxylation sites is 2. The summed E-state index contributed by atoms with van der Waals surface area (Å²) in [4.78, 5) is 4.69. The number of hydrogen-bond donors (Lipinski definition) is 0. The predicted octanol–water partition coefficient (Wildman–Crippen LogP) is 5.30. The summed E-state index contributed by atoms with van der Waals surface area (Å²) >= 11 is 0. The van der Waals surface area contributed by atoms with Gasteiger partial charge in [-0.2, -0.15) is 0 Å². The normalized spacial score (nSPS) is 16.3. The zero-order valence-electron chi connectivity index (χ0n) is 14.9. The third-order valence-electron chi connectivity index (χ3n) is 4.69. The highest BCUT2D eigenvalue weighted by molar-refractivity contribution is 5.76. The number of imidazole rings is 1. The Hall–Kier alpha value is -2.81. The van der Waals surface area contributed by atoms with Gasteiger partial charge in [0, 0.05) is 5.56 Å². The highest BCUT2D eigenvalue weighted by atomic mass is 16.5. The van der Waals surface area contributed by atoms with Crippen molar-refractivity contribution in [2.45, 2.75) is 32.4 Å². The van der Waals surface area contributed by atoms with E-state index in [0.717, 1.165) is 28.2 Å². The maximum atomic E-state index is 6.04. The highest BCUT2D eigenvalue weighted by Gasteiger charge is 2.23. The van der Waals surface area contributed by atoms with Crippen LogP contribution in [-0.2, 0) is 0 Å². The Kier molecular flexibility index (Phi) is 3.53. The van der Waals surface area contributed by atoms with Crippen molar-refractivity contribution in [1.29, 1.82) is 0 Å². The lowest BCUT2D eigenvalue weighted by atomic mass is 9.98. The van der Waals surface area contributed by atoms with Crippen LogP contribution in [0, 0.1) is 6.92 Å². The molecule has 2 aromatic carbocycles. The number of aryl methyl sites for hydroxylation is 1. The molecule has 0 saturated heterocycles. The molecule has 0 aliphatic carbocycles. The fourth-order valence-electron chi connectivity index (χ4n) is 3.49. The second-order valence-corrected chi connectivity index (χ2v) is 7.03. The van der Waals surface area contributed by atoms with Gasteiger partial charge in [0.25, 0.3) is 0 Å². The van der Waals surface area contributed by atoms with E-state index in [4.69, 9.17) is 9.72 Å². The molecule has 0 spiro atoms. The average molecular weight is 330 g/mol. The summed E-state index contributed by atoms with van der Waals surface area (Å²) in [5.74, 6) is 1.91.